The lowest BCUT2D eigenvalue weighted by Gasteiger charge is -2.28. The maximum atomic E-state index is 11.3. The minimum atomic E-state index is -1.13. The number of nitrogens with zero attached hydrogens (tertiary/aromatic N) is 2. The fourth-order valence-corrected chi connectivity index (χ4v) is 3.10. The van der Waals surface area contributed by atoms with E-state index in [4.69, 9.17) is 0 Å². The predicted octanol–water partition coefficient (Wildman–Crippen LogP) is 1.33. The number of hydrogen-bond donors (Lipinski definition) is 2. The number of hydrogen-bond acceptors (Lipinski definition) is 5. The van der Waals surface area contributed by atoms with Crippen molar-refractivity contribution in [3.05, 3.63) is 18.5 Å². The molecule has 0 aliphatic heterocycles. The predicted molar refractivity (Wildman–Crippen MR) is 62.7 cm³/mol. The first-order chi connectivity index (χ1) is 8.12. The van der Waals surface area contributed by atoms with Crippen LogP contribution in [-0.2, 0) is 4.79 Å². The van der Waals surface area contributed by atoms with Crippen molar-refractivity contribution in [2.24, 2.45) is 0 Å². The van der Waals surface area contributed by atoms with Crippen LogP contribution in [0, 0.1) is 0 Å². The van der Waals surface area contributed by atoms with Crippen LogP contribution in [0.1, 0.15) is 25.7 Å². The molecule has 0 amide bonds. The monoisotopic (exact) mass is 254 g/mol. The number of aliphatic hydroxyl groups is 1. The number of carbonyl (C=O) groups is 1. The van der Waals surface area contributed by atoms with Gasteiger partial charge in [-0.1, -0.05) is 24.6 Å². The highest BCUT2D eigenvalue weighted by Crippen LogP contribution is 2.39. The van der Waals surface area contributed by atoms with Crippen molar-refractivity contribution in [3.8, 4) is 0 Å². The van der Waals surface area contributed by atoms with Crippen LogP contribution in [-0.4, -0.2) is 37.0 Å². The Hall–Kier alpha value is -1.14. The lowest BCUT2D eigenvalue weighted by molar-refractivity contribution is -0.141. The minimum Gasteiger partial charge on any atom is -0.480 e. The Kier molecular flexibility index (Phi) is 3.63. The highest BCUT2D eigenvalue weighted by Gasteiger charge is 2.44. The molecule has 1 aromatic rings. The first-order valence-electron chi connectivity index (χ1n) is 5.51. The van der Waals surface area contributed by atoms with Crippen LogP contribution in [0.4, 0.5) is 0 Å². The molecule has 1 heterocycles. The molecule has 17 heavy (non-hydrogen) atoms. The van der Waals surface area contributed by atoms with Gasteiger partial charge in [0.05, 0.1) is 5.60 Å². The molecular formula is C11H14N2O3S. The lowest BCUT2D eigenvalue weighted by atomic mass is 9.98. The van der Waals surface area contributed by atoms with Crippen LogP contribution in [0.15, 0.2) is 23.6 Å². The smallest absolute Gasteiger partial charge is 0.320 e. The van der Waals surface area contributed by atoms with Crippen molar-refractivity contribution >= 4 is 17.7 Å². The summed E-state index contributed by atoms with van der Waals surface area (Å²) in [5, 5.41) is 19.0. The average Bonchev–Trinajstić information content (AvgIpc) is 2.75. The summed E-state index contributed by atoms with van der Waals surface area (Å²) in [5.74, 6) is -1.01. The summed E-state index contributed by atoms with van der Waals surface area (Å²) < 4.78 is 0. The van der Waals surface area contributed by atoms with Crippen molar-refractivity contribution in [1.82, 2.24) is 9.97 Å². The molecular weight excluding hydrogens is 240 g/mol. The van der Waals surface area contributed by atoms with E-state index in [9.17, 15) is 15.0 Å². The van der Waals surface area contributed by atoms with Gasteiger partial charge in [0.25, 0.3) is 0 Å². The van der Waals surface area contributed by atoms with E-state index in [1.165, 1.54) is 0 Å². The van der Waals surface area contributed by atoms with Gasteiger partial charge in [-0.25, -0.2) is 9.97 Å². The first-order valence-corrected chi connectivity index (χ1v) is 6.39. The van der Waals surface area contributed by atoms with E-state index in [1.54, 1.807) is 18.5 Å². The fourth-order valence-electron chi connectivity index (χ4n) is 2.09. The van der Waals surface area contributed by atoms with E-state index in [0.29, 0.717) is 18.0 Å². The van der Waals surface area contributed by atoms with Gasteiger partial charge >= 0.3 is 5.97 Å². The van der Waals surface area contributed by atoms with Crippen LogP contribution in [0.3, 0.4) is 0 Å². The molecule has 0 aromatic carbocycles. The summed E-state index contributed by atoms with van der Waals surface area (Å²) in [6, 6.07) is 1.67. The maximum Gasteiger partial charge on any atom is 0.320 e. The van der Waals surface area contributed by atoms with Gasteiger partial charge in [-0.2, -0.15) is 0 Å². The van der Waals surface area contributed by atoms with Crippen LogP contribution in [0.5, 0.6) is 0 Å². The fraction of sp³-hybridized carbons (Fsp3) is 0.545. The molecule has 1 aliphatic carbocycles. The zero-order chi connectivity index (χ0) is 12.3. The highest BCUT2D eigenvalue weighted by molar-refractivity contribution is 8.00. The number of carboxylic acid groups (broad SMARTS) is 1. The SMILES string of the molecule is O=C(O)C(Sc1ncccn1)C1(O)CCCC1. The van der Waals surface area contributed by atoms with E-state index in [-0.39, 0.29) is 0 Å². The Morgan fingerprint density at radius 2 is 1.94 bits per heavy atom. The third-order valence-corrected chi connectivity index (χ3v) is 4.24. The third kappa shape index (κ3) is 2.76. The van der Waals surface area contributed by atoms with E-state index in [2.05, 4.69) is 9.97 Å². The van der Waals surface area contributed by atoms with Crippen LogP contribution >= 0.6 is 11.8 Å². The molecule has 6 heteroatoms. The molecule has 1 fully saturated rings. The Balaban J connectivity index is 2.16. The zero-order valence-corrected chi connectivity index (χ0v) is 10.1. The molecule has 5 nitrogen and oxygen atoms in total. The molecule has 1 saturated carbocycles. The van der Waals surface area contributed by atoms with E-state index in [0.717, 1.165) is 24.6 Å². The van der Waals surface area contributed by atoms with Gasteiger partial charge < -0.3 is 10.2 Å². The van der Waals surface area contributed by atoms with Crippen LogP contribution in [0.25, 0.3) is 0 Å². The summed E-state index contributed by atoms with van der Waals surface area (Å²) >= 11 is 1.02. The van der Waals surface area contributed by atoms with Gasteiger partial charge in [0, 0.05) is 12.4 Å². The van der Waals surface area contributed by atoms with Crippen molar-refractivity contribution in [3.63, 3.8) is 0 Å². The van der Waals surface area contributed by atoms with Crippen LogP contribution in [0.2, 0.25) is 0 Å². The second-order valence-corrected chi connectivity index (χ2v) is 5.25. The van der Waals surface area contributed by atoms with Crippen molar-refractivity contribution in [2.45, 2.75) is 41.7 Å². The average molecular weight is 254 g/mol. The maximum absolute atomic E-state index is 11.3. The summed E-state index contributed by atoms with van der Waals surface area (Å²) in [6.45, 7) is 0. The second kappa shape index (κ2) is 5.01. The number of rotatable bonds is 4. The molecule has 0 spiro atoms. The standard InChI is InChI=1S/C11H14N2O3S/c14-9(15)8(11(16)4-1-2-5-11)17-10-12-6-3-7-13-10/h3,6-8,16H,1-2,4-5H2,(H,14,15). The summed E-state index contributed by atoms with van der Waals surface area (Å²) in [5.41, 5.74) is -1.13. The third-order valence-electron chi connectivity index (χ3n) is 2.95. The number of thioether (sulfide) groups is 1. The Labute approximate surface area is 103 Å². The molecule has 2 rings (SSSR count). The number of carboxylic acids is 1. The van der Waals surface area contributed by atoms with Crippen molar-refractivity contribution in [2.75, 3.05) is 0 Å². The number of aromatic nitrogens is 2. The summed E-state index contributed by atoms with van der Waals surface area (Å²) in [7, 11) is 0. The highest BCUT2D eigenvalue weighted by atomic mass is 32.2. The molecule has 0 saturated heterocycles. The van der Waals surface area contributed by atoms with Crippen molar-refractivity contribution in [1.29, 1.82) is 0 Å². The van der Waals surface area contributed by atoms with Gasteiger partial charge in [0.2, 0.25) is 0 Å². The normalized spacial score (nSPS) is 20.1. The molecule has 1 aliphatic rings. The van der Waals surface area contributed by atoms with E-state index < -0.39 is 16.8 Å². The van der Waals surface area contributed by atoms with Crippen molar-refractivity contribution < 1.29 is 15.0 Å². The van der Waals surface area contributed by atoms with Gasteiger partial charge in [-0.15, -0.1) is 0 Å². The van der Waals surface area contributed by atoms with E-state index in [1.807, 2.05) is 0 Å². The largest absolute Gasteiger partial charge is 0.480 e. The topological polar surface area (TPSA) is 83.3 Å². The molecule has 1 unspecified atom stereocenters. The zero-order valence-electron chi connectivity index (χ0n) is 9.24. The van der Waals surface area contributed by atoms with E-state index >= 15 is 0 Å². The molecule has 0 radical (unpaired) electrons. The Morgan fingerprint density at radius 1 is 1.35 bits per heavy atom. The second-order valence-electron chi connectivity index (χ2n) is 4.18. The summed E-state index contributed by atoms with van der Waals surface area (Å²) in [4.78, 5) is 19.2. The molecule has 2 N–H and O–H groups in total. The molecule has 1 atom stereocenters. The lowest BCUT2D eigenvalue weighted by Crippen LogP contribution is -2.42. The Bertz CT molecular complexity index is 393. The van der Waals surface area contributed by atoms with Gasteiger partial charge in [0.1, 0.15) is 5.25 Å². The van der Waals surface area contributed by atoms with Gasteiger partial charge in [-0.3, -0.25) is 4.79 Å². The summed E-state index contributed by atoms with van der Waals surface area (Å²) in [6.07, 6.45) is 5.93. The molecule has 1 aromatic heterocycles. The number of aliphatic carboxylic acids is 1. The molecule has 92 valence electrons. The quantitative estimate of drug-likeness (QED) is 0.623. The van der Waals surface area contributed by atoms with Crippen LogP contribution < -0.4 is 0 Å². The minimum absolute atomic E-state index is 0.389. The molecule has 0 bridgehead atoms. The Morgan fingerprint density at radius 3 is 2.47 bits per heavy atom. The van der Waals surface area contributed by atoms with Gasteiger partial charge in [0.15, 0.2) is 5.16 Å². The van der Waals surface area contributed by atoms with Gasteiger partial charge in [-0.05, 0) is 18.9 Å². The first kappa shape index (κ1) is 12.3.